The number of nitrogens with zero attached hydrogens (tertiary/aromatic N) is 3. The molecule has 0 atom stereocenters. The number of amides is 1. The molecule has 0 aliphatic rings. The molecule has 144 valence electrons. The average Bonchev–Trinajstić information content (AvgIpc) is 3.14. The molecule has 0 aliphatic heterocycles. The maximum atomic E-state index is 12.4. The van der Waals surface area contributed by atoms with Crippen molar-refractivity contribution < 1.29 is 14.3 Å². The number of carbonyl (C=O) groups excluding carboxylic acids is 2. The van der Waals surface area contributed by atoms with E-state index in [2.05, 4.69) is 20.5 Å². The number of ether oxygens (including phenoxy) is 1. The third-order valence-electron chi connectivity index (χ3n) is 3.65. The maximum Gasteiger partial charge on any atom is 0.339 e. The number of carbonyl (C=O) groups is 2. The molecule has 1 amide bonds. The number of aryl methyl sites for hydroxylation is 1. The molecule has 2 heterocycles. The van der Waals surface area contributed by atoms with Crippen molar-refractivity contribution >= 4 is 40.1 Å². The number of hydrogen-bond acceptors (Lipinski definition) is 8. The van der Waals surface area contributed by atoms with E-state index in [1.165, 1.54) is 29.0 Å². The van der Waals surface area contributed by atoms with Gasteiger partial charge in [0, 0.05) is 5.75 Å². The van der Waals surface area contributed by atoms with Gasteiger partial charge in [0.25, 0.3) is 5.91 Å². The number of hydrogen-bond donors (Lipinski definition) is 1. The van der Waals surface area contributed by atoms with Crippen molar-refractivity contribution in [3.63, 3.8) is 0 Å². The van der Waals surface area contributed by atoms with Gasteiger partial charge in [-0.25, -0.2) is 9.78 Å². The minimum absolute atomic E-state index is 0.194. The first-order valence-corrected chi connectivity index (χ1v) is 10.3. The summed E-state index contributed by atoms with van der Waals surface area (Å²) in [4.78, 5) is 28.4. The molecule has 7 nitrogen and oxygen atoms in total. The summed E-state index contributed by atoms with van der Waals surface area (Å²) >= 11 is 2.86. The molecular weight excluding hydrogens is 396 g/mol. The van der Waals surface area contributed by atoms with Crippen molar-refractivity contribution in [2.24, 2.45) is 0 Å². The summed E-state index contributed by atoms with van der Waals surface area (Å²) in [5.74, 6) is -0.0858. The number of anilines is 1. The van der Waals surface area contributed by atoms with Gasteiger partial charge in [0.1, 0.15) is 5.69 Å². The Labute approximate surface area is 170 Å². The Morgan fingerprint density at radius 3 is 2.64 bits per heavy atom. The van der Waals surface area contributed by atoms with Crippen LogP contribution >= 0.6 is 23.1 Å². The van der Waals surface area contributed by atoms with Crippen molar-refractivity contribution in [2.75, 3.05) is 11.9 Å². The van der Waals surface area contributed by atoms with Crippen molar-refractivity contribution in [1.82, 2.24) is 15.2 Å². The van der Waals surface area contributed by atoms with Gasteiger partial charge >= 0.3 is 5.97 Å². The Morgan fingerprint density at radius 1 is 1.14 bits per heavy atom. The number of nitrogens with one attached hydrogen (secondary N) is 1. The van der Waals surface area contributed by atoms with Crippen molar-refractivity contribution in [3.8, 4) is 0 Å². The van der Waals surface area contributed by atoms with E-state index in [1.54, 1.807) is 25.6 Å². The fourth-order valence-corrected chi connectivity index (χ4v) is 4.01. The summed E-state index contributed by atoms with van der Waals surface area (Å²) in [5, 5.41) is 11.2. The van der Waals surface area contributed by atoms with Gasteiger partial charge in [-0.1, -0.05) is 53.4 Å². The van der Waals surface area contributed by atoms with E-state index in [1.807, 2.05) is 30.3 Å². The summed E-state index contributed by atoms with van der Waals surface area (Å²) in [7, 11) is 0. The van der Waals surface area contributed by atoms with Crippen molar-refractivity contribution in [2.45, 2.75) is 23.9 Å². The van der Waals surface area contributed by atoms with Gasteiger partial charge in [0.2, 0.25) is 5.13 Å². The van der Waals surface area contributed by atoms with Crippen LogP contribution in [-0.2, 0) is 10.5 Å². The van der Waals surface area contributed by atoms with Crippen LogP contribution in [-0.4, -0.2) is 33.7 Å². The number of rotatable bonds is 7. The van der Waals surface area contributed by atoms with Crippen LogP contribution in [0.2, 0.25) is 0 Å². The smallest absolute Gasteiger partial charge is 0.339 e. The highest BCUT2D eigenvalue weighted by molar-refractivity contribution is 8.00. The van der Waals surface area contributed by atoms with Gasteiger partial charge in [0.15, 0.2) is 4.34 Å². The average molecular weight is 415 g/mol. The molecular formula is C19H18N4O3S2. The molecule has 0 bridgehead atoms. The lowest BCUT2D eigenvalue weighted by atomic mass is 10.2. The van der Waals surface area contributed by atoms with Crippen molar-refractivity contribution in [1.29, 1.82) is 0 Å². The minimum atomic E-state index is -0.455. The van der Waals surface area contributed by atoms with E-state index in [-0.39, 0.29) is 12.3 Å². The molecule has 0 spiro atoms. The molecule has 0 saturated carbocycles. The van der Waals surface area contributed by atoms with E-state index in [4.69, 9.17) is 4.74 Å². The predicted octanol–water partition coefficient (Wildman–Crippen LogP) is 3.96. The number of esters is 1. The first-order valence-electron chi connectivity index (χ1n) is 8.53. The van der Waals surface area contributed by atoms with Crippen LogP contribution in [0.1, 0.15) is 39.0 Å². The molecule has 0 aliphatic carbocycles. The second-order valence-corrected chi connectivity index (χ2v) is 7.85. The zero-order valence-corrected chi connectivity index (χ0v) is 17.0. The SMILES string of the molecule is CCOC(=O)c1ccc(C(=O)Nc2nnc(SCc3ccccc3)s2)nc1C. The predicted molar refractivity (Wildman–Crippen MR) is 109 cm³/mol. The molecule has 0 radical (unpaired) electrons. The monoisotopic (exact) mass is 414 g/mol. The number of aromatic nitrogens is 3. The lowest BCUT2D eigenvalue weighted by Gasteiger charge is -2.06. The molecule has 1 N–H and O–H groups in total. The quantitative estimate of drug-likeness (QED) is 0.355. The zero-order chi connectivity index (χ0) is 19.9. The van der Waals surface area contributed by atoms with Crippen LogP contribution in [0.4, 0.5) is 5.13 Å². The van der Waals surface area contributed by atoms with E-state index >= 15 is 0 Å². The van der Waals surface area contributed by atoms with E-state index in [9.17, 15) is 9.59 Å². The fraction of sp³-hybridized carbons (Fsp3) is 0.211. The highest BCUT2D eigenvalue weighted by atomic mass is 32.2. The van der Waals surface area contributed by atoms with E-state index < -0.39 is 11.9 Å². The topological polar surface area (TPSA) is 94.1 Å². The van der Waals surface area contributed by atoms with Crippen LogP contribution in [0.15, 0.2) is 46.8 Å². The van der Waals surface area contributed by atoms with E-state index in [0.29, 0.717) is 16.4 Å². The molecule has 3 rings (SSSR count). The second kappa shape index (κ2) is 9.43. The first-order chi connectivity index (χ1) is 13.6. The Hall–Kier alpha value is -2.78. The van der Waals surface area contributed by atoms with Gasteiger partial charge < -0.3 is 4.74 Å². The highest BCUT2D eigenvalue weighted by Crippen LogP contribution is 2.28. The molecule has 9 heteroatoms. The molecule has 28 heavy (non-hydrogen) atoms. The van der Waals surface area contributed by atoms with Gasteiger partial charge in [-0.15, -0.1) is 10.2 Å². The Kier molecular flexibility index (Phi) is 6.72. The van der Waals surface area contributed by atoms with Gasteiger partial charge in [-0.3, -0.25) is 10.1 Å². The minimum Gasteiger partial charge on any atom is -0.462 e. The highest BCUT2D eigenvalue weighted by Gasteiger charge is 2.16. The Balaban J connectivity index is 1.61. The molecule has 0 fully saturated rings. The van der Waals surface area contributed by atoms with Crippen molar-refractivity contribution in [3.05, 3.63) is 65.0 Å². The number of thioether (sulfide) groups is 1. The van der Waals surface area contributed by atoms with Crippen LogP contribution < -0.4 is 5.32 Å². The molecule has 0 saturated heterocycles. The molecule has 3 aromatic rings. The largest absolute Gasteiger partial charge is 0.462 e. The van der Waals surface area contributed by atoms with Gasteiger partial charge in [-0.05, 0) is 31.5 Å². The van der Waals surface area contributed by atoms with Gasteiger partial charge in [0.05, 0.1) is 17.9 Å². The Bertz CT molecular complexity index is 976. The third-order valence-corrected chi connectivity index (χ3v) is 5.69. The lowest BCUT2D eigenvalue weighted by Crippen LogP contribution is -2.16. The number of benzene rings is 1. The van der Waals surface area contributed by atoms with Gasteiger partial charge in [-0.2, -0.15) is 0 Å². The zero-order valence-electron chi connectivity index (χ0n) is 15.3. The summed E-state index contributed by atoms with van der Waals surface area (Å²) in [6.07, 6.45) is 0. The fourth-order valence-electron chi connectivity index (χ4n) is 2.31. The van der Waals surface area contributed by atoms with Crippen LogP contribution in [0.3, 0.4) is 0 Å². The molecule has 2 aromatic heterocycles. The third kappa shape index (κ3) is 5.14. The lowest BCUT2D eigenvalue weighted by molar-refractivity contribution is 0.0524. The summed E-state index contributed by atoms with van der Waals surface area (Å²) in [6.45, 7) is 3.67. The normalized spacial score (nSPS) is 10.5. The number of pyridine rings is 1. The van der Waals surface area contributed by atoms with Crippen LogP contribution in [0.5, 0.6) is 0 Å². The maximum absolute atomic E-state index is 12.4. The second-order valence-electron chi connectivity index (χ2n) is 5.65. The summed E-state index contributed by atoms with van der Waals surface area (Å²) < 4.78 is 5.73. The molecule has 0 unspecified atom stereocenters. The standard InChI is InChI=1S/C19H18N4O3S2/c1-3-26-17(25)14-9-10-15(20-12(14)2)16(24)21-18-22-23-19(28-18)27-11-13-7-5-4-6-8-13/h4-10H,3,11H2,1-2H3,(H,21,22,24). The van der Waals surface area contributed by atoms with Crippen LogP contribution in [0.25, 0.3) is 0 Å². The van der Waals surface area contributed by atoms with E-state index in [0.717, 1.165) is 10.1 Å². The first kappa shape index (κ1) is 20.0. The summed E-state index contributed by atoms with van der Waals surface area (Å²) in [5.41, 5.74) is 2.16. The molecule has 1 aromatic carbocycles. The van der Waals surface area contributed by atoms with Crippen LogP contribution in [0, 0.1) is 6.92 Å². The Morgan fingerprint density at radius 2 is 1.93 bits per heavy atom. The summed E-state index contributed by atoms with van der Waals surface area (Å²) in [6, 6.07) is 13.1.